The molecule has 1 N–H and O–H groups in total. The number of hydrogen-bond donors (Lipinski definition) is 1. The third kappa shape index (κ3) is 1.79. The fourth-order valence-corrected chi connectivity index (χ4v) is 4.04. The first-order valence-corrected chi connectivity index (χ1v) is 7.12. The van der Waals surface area contributed by atoms with E-state index in [2.05, 4.69) is 12.1 Å². The molecule has 1 aromatic carbocycles. The minimum absolute atomic E-state index is 0.110. The molecule has 1 fully saturated rings. The van der Waals surface area contributed by atoms with Crippen LogP contribution in [-0.2, 0) is 22.4 Å². The lowest BCUT2D eigenvalue weighted by molar-refractivity contribution is -0.177. The zero-order chi connectivity index (χ0) is 13.5. The summed E-state index contributed by atoms with van der Waals surface area (Å²) in [5, 5.41) is 9.78. The van der Waals surface area contributed by atoms with E-state index in [9.17, 15) is 9.90 Å². The Hall–Kier alpha value is -1.35. The van der Waals surface area contributed by atoms with Crippen molar-refractivity contribution in [2.45, 2.75) is 38.2 Å². The maximum absolute atomic E-state index is 11.9. The Morgan fingerprint density at radius 3 is 2.21 bits per heavy atom. The number of ether oxygens (including phenoxy) is 1. The molecule has 0 aliphatic heterocycles. The maximum atomic E-state index is 11.9. The van der Waals surface area contributed by atoms with Crippen molar-refractivity contribution < 1.29 is 14.6 Å². The second kappa shape index (κ2) is 4.64. The van der Waals surface area contributed by atoms with Gasteiger partial charge >= 0.3 is 5.97 Å². The SMILES string of the molecule is CCOC1(C(=O)O)C2CCC1Cc1ccccc1C2. The van der Waals surface area contributed by atoms with Crippen molar-refractivity contribution in [3.8, 4) is 0 Å². The Bertz CT molecular complexity index is 462. The third-order valence-electron chi connectivity index (χ3n) is 4.85. The fraction of sp³-hybridized carbons (Fsp3) is 0.562. The maximum Gasteiger partial charge on any atom is 0.336 e. The Balaban J connectivity index is 2.05. The van der Waals surface area contributed by atoms with Gasteiger partial charge in [0, 0.05) is 18.4 Å². The largest absolute Gasteiger partial charge is 0.479 e. The second-order valence-corrected chi connectivity index (χ2v) is 5.68. The second-order valence-electron chi connectivity index (χ2n) is 5.68. The summed E-state index contributed by atoms with van der Waals surface area (Å²) in [5.41, 5.74) is 1.65. The minimum Gasteiger partial charge on any atom is -0.479 e. The summed E-state index contributed by atoms with van der Waals surface area (Å²) in [5.74, 6) is -0.549. The highest BCUT2D eigenvalue weighted by atomic mass is 16.5. The zero-order valence-electron chi connectivity index (χ0n) is 11.3. The van der Waals surface area contributed by atoms with Crippen LogP contribution in [0.15, 0.2) is 24.3 Å². The molecule has 1 aromatic rings. The number of rotatable bonds is 3. The molecule has 0 radical (unpaired) electrons. The molecule has 2 bridgehead atoms. The molecule has 2 aliphatic rings. The lowest BCUT2D eigenvalue weighted by atomic mass is 9.82. The Kier molecular flexibility index (Phi) is 3.09. The van der Waals surface area contributed by atoms with Gasteiger partial charge in [-0.15, -0.1) is 0 Å². The molecular weight excluding hydrogens is 240 g/mol. The van der Waals surface area contributed by atoms with Crippen LogP contribution in [0.4, 0.5) is 0 Å². The summed E-state index contributed by atoms with van der Waals surface area (Å²) < 4.78 is 5.83. The van der Waals surface area contributed by atoms with Gasteiger partial charge in [0.1, 0.15) is 0 Å². The average Bonchev–Trinajstić information content (AvgIpc) is 2.63. The molecular formula is C16H20O3. The quantitative estimate of drug-likeness (QED) is 0.909. The molecule has 19 heavy (non-hydrogen) atoms. The summed E-state index contributed by atoms with van der Waals surface area (Å²) in [6, 6.07) is 8.35. The molecule has 3 heteroatoms. The third-order valence-corrected chi connectivity index (χ3v) is 4.85. The number of carboxylic acids is 1. The molecule has 0 heterocycles. The average molecular weight is 260 g/mol. The predicted octanol–water partition coefficient (Wildman–Crippen LogP) is 2.67. The van der Waals surface area contributed by atoms with Gasteiger partial charge in [-0.05, 0) is 43.7 Å². The molecule has 3 nitrogen and oxygen atoms in total. The molecule has 102 valence electrons. The summed E-state index contributed by atoms with van der Waals surface area (Å²) in [7, 11) is 0. The lowest BCUT2D eigenvalue weighted by Crippen LogP contribution is -2.50. The number of benzene rings is 1. The van der Waals surface area contributed by atoms with Gasteiger partial charge < -0.3 is 9.84 Å². The molecule has 2 aliphatic carbocycles. The van der Waals surface area contributed by atoms with Gasteiger partial charge in [0.2, 0.25) is 0 Å². The number of carbonyl (C=O) groups is 1. The first-order valence-electron chi connectivity index (χ1n) is 7.12. The first-order chi connectivity index (χ1) is 9.18. The van der Waals surface area contributed by atoms with Gasteiger partial charge in [0.15, 0.2) is 5.60 Å². The Labute approximate surface area is 113 Å². The van der Waals surface area contributed by atoms with Gasteiger partial charge in [-0.25, -0.2) is 4.79 Å². The van der Waals surface area contributed by atoms with Crippen LogP contribution in [0, 0.1) is 11.8 Å². The molecule has 0 saturated heterocycles. The molecule has 1 saturated carbocycles. The van der Waals surface area contributed by atoms with Crippen molar-refractivity contribution in [3.63, 3.8) is 0 Å². The van der Waals surface area contributed by atoms with E-state index in [0.29, 0.717) is 6.61 Å². The van der Waals surface area contributed by atoms with E-state index < -0.39 is 11.6 Å². The standard InChI is InChI=1S/C16H20O3/c1-2-19-16(15(17)18)13-7-8-14(16)10-12-6-4-3-5-11(12)9-13/h3-6,13-14H,2,7-10H2,1H3,(H,17,18). The molecule has 2 unspecified atom stereocenters. The van der Waals surface area contributed by atoms with Crippen LogP contribution in [0.2, 0.25) is 0 Å². The van der Waals surface area contributed by atoms with Crippen LogP contribution in [0.25, 0.3) is 0 Å². The highest BCUT2D eigenvalue weighted by Crippen LogP contribution is 2.49. The monoisotopic (exact) mass is 260 g/mol. The lowest BCUT2D eigenvalue weighted by Gasteiger charge is -2.34. The summed E-state index contributed by atoms with van der Waals surface area (Å²) in [6.07, 6.45) is 3.59. The summed E-state index contributed by atoms with van der Waals surface area (Å²) >= 11 is 0. The number of carboxylic acid groups (broad SMARTS) is 1. The van der Waals surface area contributed by atoms with Crippen LogP contribution in [0.5, 0.6) is 0 Å². The van der Waals surface area contributed by atoms with Gasteiger partial charge in [0.05, 0.1) is 0 Å². The van der Waals surface area contributed by atoms with Crippen LogP contribution in [-0.4, -0.2) is 23.3 Å². The highest BCUT2D eigenvalue weighted by molar-refractivity contribution is 5.79. The van der Waals surface area contributed by atoms with E-state index in [0.717, 1.165) is 25.7 Å². The van der Waals surface area contributed by atoms with Gasteiger partial charge in [-0.1, -0.05) is 24.3 Å². The molecule has 2 atom stereocenters. The molecule has 0 aromatic heterocycles. The van der Waals surface area contributed by atoms with E-state index in [4.69, 9.17) is 4.74 Å². The van der Waals surface area contributed by atoms with E-state index in [-0.39, 0.29) is 11.8 Å². The highest BCUT2D eigenvalue weighted by Gasteiger charge is 2.57. The first kappa shape index (κ1) is 12.7. The Morgan fingerprint density at radius 2 is 1.79 bits per heavy atom. The van der Waals surface area contributed by atoms with Crippen molar-refractivity contribution in [2.24, 2.45) is 11.8 Å². The van der Waals surface area contributed by atoms with E-state index in [1.54, 1.807) is 0 Å². The van der Waals surface area contributed by atoms with Crippen LogP contribution in [0.1, 0.15) is 30.9 Å². The van der Waals surface area contributed by atoms with Crippen molar-refractivity contribution in [2.75, 3.05) is 6.61 Å². The molecule has 3 rings (SSSR count). The van der Waals surface area contributed by atoms with Crippen molar-refractivity contribution in [1.82, 2.24) is 0 Å². The van der Waals surface area contributed by atoms with Crippen LogP contribution >= 0.6 is 0 Å². The van der Waals surface area contributed by atoms with E-state index >= 15 is 0 Å². The van der Waals surface area contributed by atoms with E-state index in [1.165, 1.54) is 11.1 Å². The normalized spacial score (nSPS) is 32.7. The van der Waals surface area contributed by atoms with E-state index in [1.807, 2.05) is 19.1 Å². The van der Waals surface area contributed by atoms with Crippen LogP contribution in [0.3, 0.4) is 0 Å². The number of hydrogen-bond acceptors (Lipinski definition) is 2. The van der Waals surface area contributed by atoms with Gasteiger partial charge in [0.25, 0.3) is 0 Å². The molecule has 0 amide bonds. The van der Waals surface area contributed by atoms with Crippen molar-refractivity contribution in [3.05, 3.63) is 35.4 Å². The van der Waals surface area contributed by atoms with Gasteiger partial charge in [-0.3, -0.25) is 0 Å². The van der Waals surface area contributed by atoms with Gasteiger partial charge in [-0.2, -0.15) is 0 Å². The Morgan fingerprint density at radius 1 is 1.26 bits per heavy atom. The number of fused-ring (bicyclic) bond motifs is 3. The minimum atomic E-state index is -0.965. The fourth-order valence-electron chi connectivity index (χ4n) is 4.04. The topological polar surface area (TPSA) is 46.5 Å². The number of aliphatic carboxylic acids is 1. The zero-order valence-corrected chi connectivity index (χ0v) is 11.3. The van der Waals surface area contributed by atoms with Crippen molar-refractivity contribution in [1.29, 1.82) is 0 Å². The predicted molar refractivity (Wildman–Crippen MR) is 72.1 cm³/mol. The van der Waals surface area contributed by atoms with Crippen molar-refractivity contribution >= 4 is 5.97 Å². The smallest absolute Gasteiger partial charge is 0.336 e. The summed E-state index contributed by atoms with van der Waals surface area (Å²) in [6.45, 7) is 2.36. The summed E-state index contributed by atoms with van der Waals surface area (Å²) in [4.78, 5) is 11.9. The molecule has 0 spiro atoms. The van der Waals surface area contributed by atoms with Crippen LogP contribution < -0.4 is 0 Å².